The topological polar surface area (TPSA) is 121 Å². The van der Waals surface area contributed by atoms with Gasteiger partial charge in [-0.3, -0.25) is 14.8 Å². The first kappa shape index (κ1) is 14.5. The van der Waals surface area contributed by atoms with Crippen LogP contribution in [-0.4, -0.2) is 53.0 Å². The van der Waals surface area contributed by atoms with Gasteiger partial charge < -0.3 is 5.11 Å². The first-order chi connectivity index (χ1) is 8.78. The van der Waals surface area contributed by atoms with Crippen molar-refractivity contribution in [3.8, 4) is 0 Å². The van der Waals surface area contributed by atoms with Crippen LogP contribution in [0.1, 0.15) is 6.42 Å². The average molecular weight is 324 g/mol. The van der Waals surface area contributed by atoms with E-state index in [9.17, 15) is 18.3 Å². The maximum Gasteiger partial charge on any atom is 0.259 e. The predicted octanol–water partition coefficient (Wildman–Crippen LogP) is -0.284. The molecular formula is C8H12N4O4S3. The number of carbonyl (C=O) groups excluding carboxylic acids is 1. The van der Waals surface area contributed by atoms with Crippen LogP contribution in [-0.2, 0) is 14.8 Å². The zero-order valence-corrected chi connectivity index (χ0v) is 12.4. The summed E-state index contributed by atoms with van der Waals surface area (Å²) in [5, 5.41) is 19.9. The summed E-state index contributed by atoms with van der Waals surface area (Å²) in [5.74, 6) is 0.520. The summed E-state index contributed by atoms with van der Waals surface area (Å²) in [5.41, 5.74) is -1.39. The van der Waals surface area contributed by atoms with Crippen LogP contribution >= 0.6 is 23.1 Å². The Hall–Kier alpha value is -0.910. The van der Waals surface area contributed by atoms with Crippen LogP contribution in [0.25, 0.3) is 0 Å². The van der Waals surface area contributed by atoms with Gasteiger partial charge in [-0.2, -0.15) is 11.8 Å². The lowest BCUT2D eigenvalue weighted by atomic mass is 10.0. The number of rotatable bonds is 4. The van der Waals surface area contributed by atoms with Crippen molar-refractivity contribution in [2.24, 2.45) is 0 Å². The van der Waals surface area contributed by atoms with Crippen molar-refractivity contribution >= 4 is 49.3 Å². The molecule has 0 bridgehead atoms. The minimum absolute atomic E-state index is 0.0607. The lowest BCUT2D eigenvalue weighted by molar-refractivity contribution is -0.131. The summed E-state index contributed by atoms with van der Waals surface area (Å²) in [7, 11) is -3.43. The number of sulfonamides is 1. The van der Waals surface area contributed by atoms with Crippen LogP contribution in [0.15, 0.2) is 0 Å². The highest BCUT2D eigenvalue weighted by atomic mass is 32.2. The Morgan fingerprint density at radius 2 is 2.11 bits per heavy atom. The van der Waals surface area contributed by atoms with Gasteiger partial charge >= 0.3 is 0 Å². The Bertz CT molecular complexity index is 579. The first-order valence-corrected chi connectivity index (χ1v) is 9.08. The van der Waals surface area contributed by atoms with Crippen LogP contribution in [0.4, 0.5) is 10.3 Å². The lowest BCUT2D eigenvalue weighted by Gasteiger charge is -2.18. The molecule has 1 fully saturated rings. The molecule has 2 heterocycles. The zero-order chi connectivity index (χ0) is 14.1. The second kappa shape index (κ2) is 5.23. The molecule has 1 saturated heterocycles. The number of amides is 1. The van der Waals surface area contributed by atoms with E-state index in [2.05, 4.69) is 20.2 Å². The maximum atomic E-state index is 11.9. The maximum absolute atomic E-state index is 11.9. The van der Waals surface area contributed by atoms with E-state index in [1.165, 1.54) is 11.8 Å². The van der Waals surface area contributed by atoms with E-state index in [4.69, 9.17) is 0 Å². The van der Waals surface area contributed by atoms with Gasteiger partial charge in [-0.15, -0.1) is 10.2 Å². The molecule has 1 amide bonds. The molecule has 106 valence electrons. The molecule has 0 radical (unpaired) electrons. The molecule has 0 spiro atoms. The smallest absolute Gasteiger partial charge is 0.259 e. The zero-order valence-electron chi connectivity index (χ0n) is 9.91. The number of hydrogen-bond acceptors (Lipinski definition) is 8. The number of nitrogens with one attached hydrogen (secondary N) is 2. The van der Waals surface area contributed by atoms with Gasteiger partial charge in [-0.05, 0) is 12.2 Å². The Kier molecular flexibility index (Phi) is 3.99. The molecule has 19 heavy (non-hydrogen) atoms. The number of hydrogen-bond donors (Lipinski definition) is 3. The first-order valence-electron chi connectivity index (χ1n) is 5.21. The molecule has 1 aromatic rings. The van der Waals surface area contributed by atoms with E-state index in [0.717, 1.165) is 23.3 Å². The molecule has 1 unspecified atom stereocenters. The van der Waals surface area contributed by atoms with Crippen molar-refractivity contribution in [2.45, 2.75) is 12.0 Å². The summed E-state index contributed by atoms with van der Waals surface area (Å²) in [6, 6.07) is 0. The van der Waals surface area contributed by atoms with E-state index in [0.29, 0.717) is 12.2 Å². The van der Waals surface area contributed by atoms with Gasteiger partial charge in [0.2, 0.25) is 20.3 Å². The number of anilines is 2. The quantitative estimate of drug-likeness (QED) is 0.696. The highest BCUT2D eigenvalue weighted by molar-refractivity contribution is 7.99. The summed E-state index contributed by atoms with van der Waals surface area (Å²) >= 11 is 2.38. The van der Waals surface area contributed by atoms with E-state index in [-0.39, 0.29) is 10.3 Å². The fourth-order valence-electron chi connectivity index (χ4n) is 1.42. The van der Waals surface area contributed by atoms with E-state index < -0.39 is 21.5 Å². The number of nitrogens with zero attached hydrogens (tertiary/aromatic N) is 2. The van der Waals surface area contributed by atoms with Crippen molar-refractivity contribution < 1.29 is 18.3 Å². The second-order valence-corrected chi connectivity index (χ2v) is 7.91. The van der Waals surface area contributed by atoms with Gasteiger partial charge in [0.1, 0.15) is 0 Å². The number of thioether (sulfide) groups is 1. The van der Waals surface area contributed by atoms with E-state index in [1.54, 1.807) is 0 Å². The summed E-state index contributed by atoms with van der Waals surface area (Å²) < 4.78 is 24.1. The third-order valence-electron chi connectivity index (χ3n) is 2.34. The normalized spacial score (nSPS) is 23.3. The molecule has 1 atom stereocenters. The van der Waals surface area contributed by atoms with Crippen molar-refractivity contribution in [1.29, 1.82) is 0 Å². The van der Waals surface area contributed by atoms with Crippen molar-refractivity contribution in [2.75, 3.05) is 27.8 Å². The van der Waals surface area contributed by atoms with Gasteiger partial charge in [-0.25, -0.2) is 8.42 Å². The summed E-state index contributed by atoms with van der Waals surface area (Å²) in [6.07, 6.45) is 1.38. The van der Waals surface area contributed by atoms with Crippen LogP contribution in [0.2, 0.25) is 0 Å². The van der Waals surface area contributed by atoms with Gasteiger partial charge in [0.25, 0.3) is 5.91 Å². The number of carbonyl (C=O) groups is 1. The number of aliphatic hydroxyl groups is 1. The second-order valence-electron chi connectivity index (χ2n) is 4.07. The minimum atomic E-state index is -3.43. The number of aromatic nitrogens is 2. The van der Waals surface area contributed by atoms with Gasteiger partial charge in [-0.1, -0.05) is 11.3 Å². The molecule has 1 aromatic heterocycles. The van der Waals surface area contributed by atoms with Crippen LogP contribution in [0, 0.1) is 0 Å². The molecule has 1 aliphatic rings. The van der Waals surface area contributed by atoms with Gasteiger partial charge in [0, 0.05) is 5.75 Å². The highest BCUT2D eigenvalue weighted by Crippen LogP contribution is 2.30. The Labute approximate surface area is 118 Å². The van der Waals surface area contributed by atoms with Crippen LogP contribution in [0.5, 0.6) is 0 Å². The van der Waals surface area contributed by atoms with Gasteiger partial charge in [0.15, 0.2) is 5.60 Å². The van der Waals surface area contributed by atoms with E-state index in [1.807, 2.05) is 0 Å². The molecule has 3 N–H and O–H groups in total. The molecule has 2 rings (SSSR count). The van der Waals surface area contributed by atoms with Crippen LogP contribution in [0.3, 0.4) is 0 Å². The average Bonchev–Trinajstić information content (AvgIpc) is 2.87. The molecule has 11 heteroatoms. The largest absolute Gasteiger partial charge is 0.379 e. The molecule has 0 aliphatic carbocycles. The van der Waals surface area contributed by atoms with Crippen molar-refractivity contribution in [3.05, 3.63) is 0 Å². The standard InChI is InChI=1S/C8H12N4O4S3/c1-19(15,16)12-7-11-10-6(18-7)9-5(13)8(14)2-3-17-4-8/h14H,2-4H2,1H3,(H,11,12)(H,9,10,13). The summed E-state index contributed by atoms with van der Waals surface area (Å²) in [6.45, 7) is 0. The lowest BCUT2D eigenvalue weighted by Crippen LogP contribution is -2.42. The third-order valence-corrected chi connectivity index (χ3v) is 4.96. The Balaban J connectivity index is 2.02. The summed E-state index contributed by atoms with van der Waals surface area (Å²) in [4.78, 5) is 11.9. The molecule has 1 aliphatic heterocycles. The SMILES string of the molecule is CS(=O)(=O)Nc1nnc(NC(=O)C2(O)CCSC2)s1. The van der Waals surface area contributed by atoms with Crippen LogP contribution < -0.4 is 10.0 Å². The molecule has 8 nitrogen and oxygen atoms in total. The molecular weight excluding hydrogens is 312 g/mol. The molecule has 0 aromatic carbocycles. The van der Waals surface area contributed by atoms with Crippen molar-refractivity contribution in [3.63, 3.8) is 0 Å². The third kappa shape index (κ3) is 3.78. The van der Waals surface area contributed by atoms with Gasteiger partial charge in [0.05, 0.1) is 6.26 Å². The predicted molar refractivity (Wildman–Crippen MR) is 73.9 cm³/mol. The Morgan fingerprint density at radius 1 is 1.42 bits per heavy atom. The van der Waals surface area contributed by atoms with E-state index >= 15 is 0 Å². The fraction of sp³-hybridized carbons (Fsp3) is 0.625. The fourth-order valence-corrected chi connectivity index (χ4v) is 4.13. The highest BCUT2D eigenvalue weighted by Gasteiger charge is 2.39. The molecule has 0 saturated carbocycles. The monoisotopic (exact) mass is 324 g/mol. The van der Waals surface area contributed by atoms with Crippen molar-refractivity contribution in [1.82, 2.24) is 10.2 Å². The Morgan fingerprint density at radius 3 is 2.68 bits per heavy atom. The minimum Gasteiger partial charge on any atom is -0.379 e.